The Morgan fingerprint density at radius 3 is 2.90 bits per heavy atom. The summed E-state index contributed by atoms with van der Waals surface area (Å²) < 4.78 is 16.3. The quantitative estimate of drug-likeness (QED) is 0.878. The first-order chi connectivity index (χ1) is 9.56. The van der Waals surface area contributed by atoms with Crippen molar-refractivity contribution in [1.82, 2.24) is 20.1 Å². The minimum Gasteiger partial charge on any atom is -0.310 e. The average Bonchev–Trinajstić information content (AvgIpc) is 2.80. The van der Waals surface area contributed by atoms with Gasteiger partial charge in [0.2, 0.25) is 0 Å². The molecule has 0 fully saturated rings. The van der Waals surface area contributed by atoms with Crippen LogP contribution < -0.4 is 5.32 Å². The summed E-state index contributed by atoms with van der Waals surface area (Å²) in [6, 6.07) is 5.04. The topological polar surface area (TPSA) is 42.7 Å². The van der Waals surface area contributed by atoms with Crippen LogP contribution in [0, 0.1) is 11.7 Å². The molecule has 1 N–H and O–H groups in total. The molecule has 2 aromatic rings. The second-order valence-electron chi connectivity index (χ2n) is 5.09. The highest BCUT2D eigenvalue weighted by atomic mass is 79.9. The van der Waals surface area contributed by atoms with E-state index in [0.29, 0.717) is 24.6 Å². The van der Waals surface area contributed by atoms with Gasteiger partial charge in [0.25, 0.3) is 0 Å². The number of rotatable bonds is 6. The number of hydrogen-bond donors (Lipinski definition) is 1. The maximum Gasteiger partial charge on any atom is 0.141 e. The standard InChI is InChI=1S/C14H18BrFN4/c1-10(2)6-17-7-14-18-9-19-20(14)8-11-3-4-12(15)5-13(11)16/h3-5,9-10,17H,6-8H2,1-2H3. The number of aromatic nitrogens is 3. The Bertz CT molecular complexity index is 568. The van der Waals surface area contributed by atoms with E-state index in [1.165, 1.54) is 12.4 Å². The van der Waals surface area contributed by atoms with Crippen LogP contribution in [0.4, 0.5) is 4.39 Å². The van der Waals surface area contributed by atoms with Crippen LogP contribution in [0.2, 0.25) is 0 Å². The molecule has 0 saturated heterocycles. The van der Waals surface area contributed by atoms with E-state index in [4.69, 9.17) is 0 Å². The van der Waals surface area contributed by atoms with Crippen molar-refractivity contribution in [3.05, 3.63) is 46.2 Å². The second-order valence-corrected chi connectivity index (χ2v) is 6.01. The Kier molecular flexibility index (Phi) is 5.25. The maximum absolute atomic E-state index is 13.8. The highest BCUT2D eigenvalue weighted by Gasteiger charge is 2.08. The molecule has 20 heavy (non-hydrogen) atoms. The highest BCUT2D eigenvalue weighted by molar-refractivity contribution is 9.10. The molecule has 1 aromatic heterocycles. The molecule has 1 aromatic carbocycles. The van der Waals surface area contributed by atoms with Gasteiger partial charge in [0.05, 0.1) is 13.1 Å². The molecule has 0 spiro atoms. The molecule has 108 valence electrons. The van der Waals surface area contributed by atoms with E-state index in [1.54, 1.807) is 10.7 Å². The Morgan fingerprint density at radius 1 is 1.40 bits per heavy atom. The van der Waals surface area contributed by atoms with Crippen LogP contribution in [-0.4, -0.2) is 21.3 Å². The number of halogens is 2. The minimum absolute atomic E-state index is 0.240. The third kappa shape index (κ3) is 4.11. The number of nitrogens with zero attached hydrogens (tertiary/aromatic N) is 3. The van der Waals surface area contributed by atoms with E-state index in [-0.39, 0.29) is 5.82 Å². The van der Waals surface area contributed by atoms with Crippen LogP contribution in [0.3, 0.4) is 0 Å². The van der Waals surface area contributed by atoms with E-state index in [0.717, 1.165) is 16.8 Å². The van der Waals surface area contributed by atoms with Gasteiger partial charge in [-0.05, 0) is 24.6 Å². The average molecular weight is 341 g/mol. The van der Waals surface area contributed by atoms with Crippen LogP contribution >= 0.6 is 15.9 Å². The van der Waals surface area contributed by atoms with Crippen molar-refractivity contribution in [2.24, 2.45) is 5.92 Å². The van der Waals surface area contributed by atoms with E-state index in [9.17, 15) is 4.39 Å². The monoisotopic (exact) mass is 340 g/mol. The highest BCUT2D eigenvalue weighted by Crippen LogP contribution is 2.16. The van der Waals surface area contributed by atoms with Gasteiger partial charge >= 0.3 is 0 Å². The van der Waals surface area contributed by atoms with Crippen LogP contribution in [0.15, 0.2) is 29.0 Å². The largest absolute Gasteiger partial charge is 0.310 e. The zero-order valence-corrected chi connectivity index (χ0v) is 13.2. The lowest BCUT2D eigenvalue weighted by Crippen LogP contribution is -2.22. The zero-order valence-electron chi connectivity index (χ0n) is 11.6. The van der Waals surface area contributed by atoms with Crippen molar-refractivity contribution in [2.75, 3.05) is 6.54 Å². The molecule has 0 aliphatic rings. The Labute approximate surface area is 126 Å². The molecule has 6 heteroatoms. The fraction of sp³-hybridized carbons (Fsp3) is 0.429. The molecule has 0 amide bonds. The first-order valence-corrected chi connectivity index (χ1v) is 7.37. The first kappa shape index (κ1) is 15.1. The van der Waals surface area contributed by atoms with Crippen molar-refractivity contribution in [2.45, 2.75) is 26.9 Å². The van der Waals surface area contributed by atoms with Gasteiger partial charge in [-0.3, -0.25) is 0 Å². The van der Waals surface area contributed by atoms with Crippen LogP contribution in [0.1, 0.15) is 25.2 Å². The smallest absolute Gasteiger partial charge is 0.141 e. The summed E-state index contributed by atoms with van der Waals surface area (Å²) in [6.07, 6.45) is 1.50. The van der Waals surface area contributed by atoms with Crippen molar-refractivity contribution in [3.8, 4) is 0 Å². The third-order valence-electron chi connectivity index (χ3n) is 2.87. The first-order valence-electron chi connectivity index (χ1n) is 6.57. The summed E-state index contributed by atoms with van der Waals surface area (Å²) in [5, 5.41) is 7.47. The summed E-state index contributed by atoms with van der Waals surface area (Å²) >= 11 is 3.25. The van der Waals surface area contributed by atoms with Gasteiger partial charge in [-0.2, -0.15) is 5.10 Å². The lowest BCUT2D eigenvalue weighted by atomic mass is 10.2. The van der Waals surface area contributed by atoms with Gasteiger partial charge in [0, 0.05) is 10.0 Å². The molecule has 0 atom stereocenters. The second kappa shape index (κ2) is 6.95. The molecule has 0 unspecified atom stereocenters. The van der Waals surface area contributed by atoms with Crippen LogP contribution in [-0.2, 0) is 13.1 Å². The van der Waals surface area contributed by atoms with Gasteiger partial charge in [-0.25, -0.2) is 14.1 Å². The Hall–Kier alpha value is -1.27. The molecule has 0 saturated carbocycles. The third-order valence-corrected chi connectivity index (χ3v) is 3.36. The molecular formula is C14H18BrFN4. The normalized spacial score (nSPS) is 11.2. The number of hydrogen-bond acceptors (Lipinski definition) is 3. The summed E-state index contributed by atoms with van der Waals surface area (Å²) in [5.41, 5.74) is 0.601. The minimum atomic E-state index is -0.240. The molecule has 0 bridgehead atoms. The van der Waals surface area contributed by atoms with Crippen LogP contribution in [0.25, 0.3) is 0 Å². The summed E-state index contributed by atoms with van der Waals surface area (Å²) in [7, 11) is 0. The van der Waals surface area contributed by atoms with Gasteiger partial charge in [-0.15, -0.1) is 0 Å². The predicted octanol–water partition coefficient (Wildman–Crippen LogP) is 2.97. The van der Waals surface area contributed by atoms with E-state index in [2.05, 4.69) is 45.2 Å². The van der Waals surface area contributed by atoms with E-state index in [1.807, 2.05) is 6.07 Å². The Morgan fingerprint density at radius 2 is 2.20 bits per heavy atom. The van der Waals surface area contributed by atoms with Gasteiger partial charge in [0.1, 0.15) is 18.0 Å². The zero-order chi connectivity index (χ0) is 14.5. The lowest BCUT2D eigenvalue weighted by Gasteiger charge is -2.09. The molecule has 4 nitrogen and oxygen atoms in total. The fourth-order valence-corrected chi connectivity index (χ4v) is 2.17. The maximum atomic E-state index is 13.8. The van der Waals surface area contributed by atoms with Crippen molar-refractivity contribution in [1.29, 1.82) is 0 Å². The summed E-state index contributed by atoms with van der Waals surface area (Å²) in [5.74, 6) is 1.15. The van der Waals surface area contributed by atoms with Gasteiger partial charge < -0.3 is 5.32 Å². The number of nitrogens with one attached hydrogen (secondary N) is 1. The van der Waals surface area contributed by atoms with E-state index >= 15 is 0 Å². The van der Waals surface area contributed by atoms with Crippen LogP contribution in [0.5, 0.6) is 0 Å². The molecular weight excluding hydrogens is 323 g/mol. The summed E-state index contributed by atoms with van der Waals surface area (Å²) in [4.78, 5) is 4.21. The predicted molar refractivity (Wildman–Crippen MR) is 79.8 cm³/mol. The van der Waals surface area contributed by atoms with Crippen molar-refractivity contribution >= 4 is 15.9 Å². The van der Waals surface area contributed by atoms with Crippen molar-refractivity contribution in [3.63, 3.8) is 0 Å². The molecule has 0 radical (unpaired) electrons. The van der Waals surface area contributed by atoms with Gasteiger partial charge in [-0.1, -0.05) is 35.8 Å². The summed E-state index contributed by atoms with van der Waals surface area (Å²) in [6.45, 7) is 6.23. The lowest BCUT2D eigenvalue weighted by molar-refractivity contribution is 0.518. The SMILES string of the molecule is CC(C)CNCc1ncnn1Cc1ccc(Br)cc1F. The molecule has 2 rings (SSSR count). The fourth-order valence-electron chi connectivity index (χ4n) is 1.84. The Balaban J connectivity index is 2.04. The number of benzene rings is 1. The molecule has 0 aliphatic heterocycles. The van der Waals surface area contributed by atoms with E-state index < -0.39 is 0 Å². The van der Waals surface area contributed by atoms with Gasteiger partial charge in [0.15, 0.2) is 0 Å². The molecule has 1 heterocycles. The molecule has 0 aliphatic carbocycles. The van der Waals surface area contributed by atoms with Crippen molar-refractivity contribution < 1.29 is 4.39 Å².